The molecule has 1 N–H and O–H groups in total. The third-order valence-electron chi connectivity index (χ3n) is 7.25. The van der Waals surface area contributed by atoms with E-state index in [1.54, 1.807) is 0 Å². The molecule has 36 heavy (non-hydrogen) atoms. The van der Waals surface area contributed by atoms with Crippen LogP contribution in [0.15, 0.2) is 18.2 Å². The number of aryl methyl sites for hydroxylation is 1. The molecule has 2 aliphatic heterocycles. The molecule has 1 amide bonds. The number of ether oxygens (including phenoxy) is 2. The number of esters is 1. The molecule has 1 aromatic heterocycles. The van der Waals surface area contributed by atoms with Crippen LogP contribution in [0, 0.1) is 18.3 Å². The number of benzene rings is 1. The topological polar surface area (TPSA) is 82.5 Å². The van der Waals surface area contributed by atoms with Crippen LogP contribution in [0.3, 0.4) is 0 Å². The summed E-state index contributed by atoms with van der Waals surface area (Å²) in [6.07, 6.45) is -1.53. The van der Waals surface area contributed by atoms with Gasteiger partial charge in [0.2, 0.25) is 0 Å². The Labute approximate surface area is 208 Å². The highest BCUT2D eigenvalue weighted by molar-refractivity contribution is 5.97. The molecule has 7 nitrogen and oxygen atoms in total. The number of alkyl halides is 3. The maximum Gasteiger partial charge on any atom is 0.416 e. The number of hydrogen-bond acceptors (Lipinski definition) is 5. The smallest absolute Gasteiger partial charge is 0.416 e. The van der Waals surface area contributed by atoms with Crippen molar-refractivity contribution >= 4 is 11.9 Å². The first-order valence-electron chi connectivity index (χ1n) is 12.3. The van der Waals surface area contributed by atoms with E-state index in [9.17, 15) is 22.8 Å². The minimum Gasteiger partial charge on any atom is -0.462 e. The van der Waals surface area contributed by atoms with E-state index in [-0.39, 0.29) is 35.0 Å². The SMILES string of the molecule is CCc1nn(C[C@@H](C)COC(=O)c2cccc(C(F)(F)F)c2C)c2c1C(=O)NCC1(CCOCC1)C2. The molecule has 1 saturated heterocycles. The maximum absolute atomic E-state index is 13.2. The van der Waals surface area contributed by atoms with Crippen LogP contribution in [0.1, 0.15) is 69.9 Å². The second kappa shape index (κ2) is 10.2. The van der Waals surface area contributed by atoms with E-state index in [1.807, 2.05) is 18.5 Å². The van der Waals surface area contributed by atoms with Crippen molar-refractivity contribution in [3.05, 3.63) is 51.8 Å². The molecule has 4 rings (SSSR count). The fourth-order valence-electron chi connectivity index (χ4n) is 5.13. The number of amides is 1. The summed E-state index contributed by atoms with van der Waals surface area (Å²) in [6, 6.07) is 3.49. The number of nitrogens with one attached hydrogen (secondary N) is 1. The lowest BCUT2D eigenvalue weighted by molar-refractivity contribution is -0.138. The number of carbonyl (C=O) groups is 2. The van der Waals surface area contributed by atoms with E-state index in [2.05, 4.69) is 5.32 Å². The van der Waals surface area contributed by atoms with E-state index < -0.39 is 17.7 Å². The highest BCUT2D eigenvalue weighted by Gasteiger charge is 2.40. The highest BCUT2D eigenvalue weighted by Crippen LogP contribution is 2.37. The minimum absolute atomic E-state index is 0.00971. The van der Waals surface area contributed by atoms with Crippen LogP contribution < -0.4 is 5.32 Å². The molecule has 1 spiro atoms. The number of halogens is 3. The predicted molar refractivity (Wildman–Crippen MR) is 126 cm³/mol. The molecular formula is C26H32F3N3O4. The zero-order valence-electron chi connectivity index (χ0n) is 20.8. The summed E-state index contributed by atoms with van der Waals surface area (Å²) < 4.78 is 52.4. The number of fused-ring (bicyclic) bond motifs is 1. The Kier molecular flexibility index (Phi) is 7.45. The maximum atomic E-state index is 13.2. The average molecular weight is 508 g/mol. The minimum atomic E-state index is -4.54. The Balaban J connectivity index is 1.50. The van der Waals surface area contributed by atoms with Crippen LogP contribution in [-0.2, 0) is 35.0 Å². The Morgan fingerprint density at radius 3 is 2.69 bits per heavy atom. The fraction of sp³-hybridized carbons (Fsp3) is 0.577. The molecule has 0 radical (unpaired) electrons. The molecule has 1 atom stereocenters. The van der Waals surface area contributed by atoms with Gasteiger partial charge >= 0.3 is 12.1 Å². The van der Waals surface area contributed by atoms with Crippen molar-refractivity contribution in [2.75, 3.05) is 26.4 Å². The molecule has 0 aliphatic carbocycles. The Morgan fingerprint density at radius 2 is 2.03 bits per heavy atom. The van der Waals surface area contributed by atoms with Gasteiger partial charge in [-0.15, -0.1) is 0 Å². The van der Waals surface area contributed by atoms with Gasteiger partial charge in [0.05, 0.1) is 34.7 Å². The number of aromatic nitrogens is 2. The molecule has 2 aromatic rings. The molecule has 1 aromatic carbocycles. The van der Waals surface area contributed by atoms with Gasteiger partial charge in [-0.25, -0.2) is 4.79 Å². The van der Waals surface area contributed by atoms with Gasteiger partial charge in [-0.05, 0) is 55.7 Å². The van der Waals surface area contributed by atoms with Gasteiger partial charge in [0.1, 0.15) is 0 Å². The van der Waals surface area contributed by atoms with Crippen LogP contribution in [-0.4, -0.2) is 48.0 Å². The third-order valence-corrected chi connectivity index (χ3v) is 7.25. The first-order valence-corrected chi connectivity index (χ1v) is 12.3. The monoisotopic (exact) mass is 507 g/mol. The fourth-order valence-corrected chi connectivity index (χ4v) is 5.13. The van der Waals surface area contributed by atoms with Gasteiger partial charge in [-0.2, -0.15) is 18.3 Å². The van der Waals surface area contributed by atoms with Crippen molar-refractivity contribution < 1.29 is 32.2 Å². The van der Waals surface area contributed by atoms with E-state index in [0.717, 1.165) is 30.3 Å². The Morgan fingerprint density at radius 1 is 1.31 bits per heavy atom. The zero-order valence-corrected chi connectivity index (χ0v) is 20.8. The summed E-state index contributed by atoms with van der Waals surface area (Å²) in [5.41, 5.74) is 1.06. The van der Waals surface area contributed by atoms with Gasteiger partial charge in [0.15, 0.2) is 0 Å². The summed E-state index contributed by atoms with van der Waals surface area (Å²) >= 11 is 0. The number of hydrogen-bond donors (Lipinski definition) is 1. The third kappa shape index (κ3) is 5.28. The first-order chi connectivity index (χ1) is 17.0. The second-order valence-electron chi connectivity index (χ2n) is 9.96. The van der Waals surface area contributed by atoms with E-state index in [1.165, 1.54) is 19.1 Å². The van der Waals surface area contributed by atoms with Gasteiger partial charge < -0.3 is 14.8 Å². The summed E-state index contributed by atoms with van der Waals surface area (Å²) in [4.78, 5) is 25.6. The molecule has 0 unspecified atom stereocenters. The molecule has 3 heterocycles. The van der Waals surface area contributed by atoms with E-state index in [4.69, 9.17) is 14.6 Å². The van der Waals surface area contributed by atoms with E-state index >= 15 is 0 Å². The zero-order chi connectivity index (χ0) is 26.1. The Bertz CT molecular complexity index is 1140. The lowest BCUT2D eigenvalue weighted by Gasteiger charge is -2.36. The first kappa shape index (κ1) is 26.2. The quantitative estimate of drug-likeness (QED) is 0.588. The van der Waals surface area contributed by atoms with Crippen LogP contribution >= 0.6 is 0 Å². The normalized spacial score (nSPS) is 18.3. The number of carbonyl (C=O) groups excluding carboxylic acids is 2. The van der Waals surface area contributed by atoms with Crippen molar-refractivity contribution in [1.82, 2.24) is 15.1 Å². The average Bonchev–Trinajstić information content (AvgIpc) is 3.10. The molecule has 2 aliphatic rings. The van der Waals surface area contributed by atoms with Gasteiger partial charge in [-0.3, -0.25) is 9.48 Å². The summed E-state index contributed by atoms with van der Waals surface area (Å²) in [7, 11) is 0. The molecule has 1 fully saturated rings. The van der Waals surface area contributed by atoms with Gasteiger partial charge in [0, 0.05) is 32.2 Å². The van der Waals surface area contributed by atoms with Crippen molar-refractivity contribution in [1.29, 1.82) is 0 Å². The summed E-state index contributed by atoms with van der Waals surface area (Å²) in [6.45, 7) is 7.43. The van der Waals surface area contributed by atoms with E-state index in [0.29, 0.717) is 44.7 Å². The number of rotatable bonds is 6. The van der Waals surface area contributed by atoms with Crippen molar-refractivity contribution in [2.24, 2.45) is 11.3 Å². The molecule has 0 bridgehead atoms. The van der Waals surface area contributed by atoms with Crippen molar-refractivity contribution in [2.45, 2.75) is 59.2 Å². The van der Waals surface area contributed by atoms with Crippen LogP contribution in [0.2, 0.25) is 0 Å². The van der Waals surface area contributed by atoms with Crippen molar-refractivity contribution in [3.8, 4) is 0 Å². The van der Waals surface area contributed by atoms with Gasteiger partial charge in [0.25, 0.3) is 5.91 Å². The lowest BCUT2D eigenvalue weighted by atomic mass is 9.76. The lowest BCUT2D eigenvalue weighted by Crippen LogP contribution is -2.41. The molecule has 196 valence electrons. The molecule has 0 saturated carbocycles. The molecule has 10 heteroatoms. The standard InChI is InChI=1S/C26H32F3N3O4/c1-4-20-22-21(12-25(15-30-23(22)33)8-10-35-11-9-25)32(31-20)13-16(2)14-36-24(34)18-6-5-7-19(17(18)3)26(27,28)29/h5-7,16H,4,8-15H2,1-3H3,(H,30,33)/t16-/m1/s1. The van der Waals surface area contributed by atoms with Crippen LogP contribution in [0.5, 0.6) is 0 Å². The number of nitrogens with zero attached hydrogens (tertiary/aromatic N) is 2. The molecular weight excluding hydrogens is 475 g/mol. The largest absolute Gasteiger partial charge is 0.462 e. The second-order valence-corrected chi connectivity index (χ2v) is 9.96. The Hall–Kier alpha value is -2.88. The van der Waals surface area contributed by atoms with Crippen molar-refractivity contribution in [3.63, 3.8) is 0 Å². The predicted octanol–water partition coefficient (Wildman–Crippen LogP) is 4.35. The van der Waals surface area contributed by atoms with Gasteiger partial charge in [-0.1, -0.05) is 19.9 Å². The summed E-state index contributed by atoms with van der Waals surface area (Å²) in [5, 5.41) is 7.80. The summed E-state index contributed by atoms with van der Waals surface area (Å²) in [5.74, 6) is -1.08. The van der Waals surface area contributed by atoms with Crippen LogP contribution in [0.25, 0.3) is 0 Å². The van der Waals surface area contributed by atoms with Crippen LogP contribution in [0.4, 0.5) is 13.2 Å². The highest BCUT2D eigenvalue weighted by atomic mass is 19.4.